The molecule has 2 rings (SSSR count). The van der Waals surface area contributed by atoms with E-state index in [4.69, 9.17) is 4.74 Å². The van der Waals surface area contributed by atoms with Gasteiger partial charge in [-0.1, -0.05) is 13.8 Å². The van der Waals surface area contributed by atoms with Crippen molar-refractivity contribution in [2.75, 3.05) is 44.8 Å². The van der Waals surface area contributed by atoms with E-state index in [2.05, 4.69) is 40.1 Å². The first-order chi connectivity index (χ1) is 10.2. The summed E-state index contributed by atoms with van der Waals surface area (Å²) in [5.41, 5.74) is 1.13. The maximum absolute atomic E-state index is 5.05. The lowest BCUT2D eigenvalue weighted by Crippen LogP contribution is -2.38. The van der Waals surface area contributed by atoms with Crippen LogP contribution in [-0.4, -0.2) is 49.9 Å². The van der Waals surface area contributed by atoms with Crippen LogP contribution in [-0.2, 0) is 4.74 Å². The molecule has 5 heteroatoms. The van der Waals surface area contributed by atoms with E-state index in [9.17, 15) is 0 Å². The van der Waals surface area contributed by atoms with Crippen LogP contribution >= 0.6 is 0 Å². The number of ether oxygens (including phenoxy) is 1. The van der Waals surface area contributed by atoms with Crippen molar-refractivity contribution in [1.82, 2.24) is 15.3 Å². The number of nitrogens with zero attached hydrogens (tertiary/aromatic N) is 3. The number of methoxy groups -OCH3 is 1. The first-order valence-electron chi connectivity index (χ1n) is 7.97. The van der Waals surface area contributed by atoms with Gasteiger partial charge in [0.05, 0.1) is 6.61 Å². The minimum Gasteiger partial charge on any atom is -0.383 e. The molecular formula is C16H28N4O. The molecule has 21 heavy (non-hydrogen) atoms. The van der Waals surface area contributed by atoms with Gasteiger partial charge >= 0.3 is 0 Å². The summed E-state index contributed by atoms with van der Waals surface area (Å²) < 4.78 is 5.05. The van der Waals surface area contributed by atoms with Crippen LogP contribution in [0.3, 0.4) is 0 Å². The van der Waals surface area contributed by atoms with Gasteiger partial charge in [-0.25, -0.2) is 9.97 Å². The molecule has 0 saturated carbocycles. The average molecular weight is 292 g/mol. The fourth-order valence-electron chi connectivity index (χ4n) is 2.70. The average Bonchev–Trinajstić information content (AvgIpc) is 2.52. The second-order valence-corrected chi connectivity index (χ2v) is 6.08. The topological polar surface area (TPSA) is 50.3 Å². The van der Waals surface area contributed by atoms with Crippen molar-refractivity contribution >= 4 is 5.82 Å². The maximum Gasteiger partial charge on any atom is 0.132 e. The quantitative estimate of drug-likeness (QED) is 0.780. The van der Waals surface area contributed by atoms with E-state index >= 15 is 0 Å². The first-order valence-corrected chi connectivity index (χ1v) is 7.97. The SMILES string of the molecule is COCCNCC1CCN(c2cc(C(C)C)ncn2)CC1. The maximum atomic E-state index is 5.05. The van der Waals surface area contributed by atoms with Crippen molar-refractivity contribution in [2.45, 2.75) is 32.6 Å². The third-order valence-electron chi connectivity index (χ3n) is 4.12. The number of rotatable bonds is 7. The third kappa shape index (κ3) is 4.93. The molecule has 1 aliphatic heterocycles. The lowest BCUT2D eigenvalue weighted by atomic mass is 9.96. The van der Waals surface area contributed by atoms with Gasteiger partial charge in [-0.15, -0.1) is 0 Å². The second-order valence-electron chi connectivity index (χ2n) is 6.08. The summed E-state index contributed by atoms with van der Waals surface area (Å²) in [4.78, 5) is 11.2. The molecule has 1 aromatic rings. The summed E-state index contributed by atoms with van der Waals surface area (Å²) in [5.74, 6) is 2.30. The van der Waals surface area contributed by atoms with Gasteiger partial charge in [0, 0.05) is 38.5 Å². The van der Waals surface area contributed by atoms with Crippen LogP contribution in [0.15, 0.2) is 12.4 Å². The Labute approximate surface area is 128 Å². The minimum absolute atomic E-state index is 0.453. The number of hydrogen-bond donors (Lipinski definition) is 1. The second kappa shape index (κ2) is 8.29. The van der Waals surface area contributed by atoms with Crippen LogP contribution in [0.4, 0.5) is 5.82 Å². The number of hydrogen-bond acceptors (Lipinski definition) is 5. The summed E-state index contributed by atoms with van der Waals surface area (Å²) in [6, 6.07) is 2.14. The molecule has 0 aliphatic carbocycles. The molecule has 0 aromatic carbocycles. The highest BCUT2D eigenvalue weighted by Crippen LogP contribution is 2.23. The number of aromatic nitrogens is 2. The van der Waals surface area contributed by atoms with Crippen LogP contribution in [0, 0.1) is 5.92 Å². The van der Waals surface area contributed by atoms with E-state index < -0.39 is 0 Å². The molecule has 0 bridgehead atoms. The molecule has 0 amide bonds. The molecule has 1 fully saturated rings. The number of anilines is 1. The molecule has 118 valence electrons. The van der Waals surface area contributed by atoms with Crippen LogP contribution in [0.25, 0.3) is 0 Å². The monoisotopic (exact) mass is 292 g/mol. The Morgan fingerprint density at radius 3 is 2.76 bits per heavy atom. The Bertz CT molecular complexity index is 416. The zero-order valence-electron chi connectivity index (χ0n) is 13.5. The molecule has 0 radical (unpaired) electrons. The lowest BCUT2D eigenvalue weighted by Gasteiger charge is -2.33. The van der Waals surface area contributed by atoms with Crippen molar-refractivity contribution in [3.8, 4) is 0 Å². The van der Waals surface area contributed by atoms with Crippen molar-refractivity contribution in [1.29, 1.82) is 0 Å². The van der Waals surface area contributed by atoms with E-state index in [0.29, 0.717) is 5.92 Å². The van der Waals surface area contributed by atoms with E-state index in [1.165, 1.54) is 12.8 Å². The third-order valence-corrected chi connectivity index (χ3v) is 4.12. The predicted molar refractivity (Wildman–Crippen MR) is 85.8 cm³/mol. The van der Waals surface area contributed by atoms with Gasteiger partial charge in [-0.2, -0.15) is 0 Å². The molecule has 1 saturated heterocycles. The fourth-order valence-corrected chi connectivity index (χ4v) is 2.70. The highest BCUT2D eigenvalue weighted by Gasteiger charge is 2.20. The van der Waals surface area contributed by atoms with Crippen LogP contribution in [0.1, 0.15) is 38.3 Å². The Morgan fingerprint density at radius 1 is 1.33 bits per heavy atom. The Hall–Kier alpha value is -1.20. The molecule has 5 nitrogen and oxygen atoms in total. The van der Waals surface area contributed by atoms with Gasteiger partial charge in [0.25, 0.3) is 0 Å². The summed E-state index contributed by atoms with van der Waals surface area (Å²) in [5, 5.41) is 3.47. The van der Waals surface area contributed by atoms with Crippen LogP contribution < -0.4 is 10.2 Å². The van der Waals surface area contributed by atoms with E-state index in [1.54, 1.807) is 13.4 Å². The zero-order chi connectivity index (χ0) is 15.1. The smallest absolute Gasteiger partial charge is 0.132 e. The van der Waals surface area contributed by atoms with Gasteiger partial charge in [-0.3, -0.25) is 0 Å². The van der Waals surface area contributed by atoms with Crippen molar-refractivity contribution < 1.29 is 4.74 Å². The number of piperidine rings is 1. The van der Waals surface area contributed by atoms with Crippen LogP contribution in [0.5, 0.6) is 0 Å². The summed E-state index contributed by atoms with van der Waals surface area (Å²) >= 11 is 0. The normalized spacial score (nSPS) is 16.7. The van der Waals surface area contributed by atoms with E-state index in [1.807, 2.05) is 0 Å². The van der Waals surface area contributed by atoms with Crippen LogP contribution in [0.2, 0.25) is 0 Å². The Balaban J connectivity index is 1.79. The zero-order valence-corrected chi connectivity index (χ0v) is 13.5. The molecule has 0 atom stereocenters. The molecule has 0 spiro atoms. The van der Waals surface area contributed by atoms with Crippen molar-refractivity contribution in [2.24, 2.45) is 5.92 Å². The van der Waals surface area contributed by atoms with E-state index in [0.717, 1.165) is 50.2 Å². The van der Waals surface area contributed by atoms with E-state index in [-0.39, 0.29) is 0 Å². The molecule has 1 aliphatic rings. The van der Waals surface area contributed by atoms with Crippen molar-refractivity contribution in [3.05, 3.63) is 18.1 Å². The largest absolute Gasteiger partial charge is 0.383 e. The molecule has 0 unspecified atom stereocenters. The summed E-state index contributed by atoms with van der Waals surface area (Å²) in [6.07, 6.45) is 4.14. The Kier molecular flexibility index (Phi) is 6.39. The number of nitrogens with one attached hydrogen (secondary N) is 1. The molecule has 1 N–H and O–H groups in total. The minimum atomic E-state index is 0.453. The van der Waals surface area contributed by atoms with Gasteiger partial charge in [0.1, 0.15) is 12.1 Å². The summed E-state index contributed by atoms with van der Waals surface area (Å²) in [6.45, 7) is 9.35. The highest BCUT2D eigenvalue weighted by molar-refractivity contribution is 5.39. The van der Waals surface area contributed by atoms with Gasteiger partial charge in [0.2, 0.25) is 0 Å². The predicted octanol–water partition coefficient (Wildman–Crippen LogP) is 2.05. The first kappa shape index (κ1) is 16.2. The Morgan fingerprint density at radius 2 is 2.10 bits per heavy atom. The standard InChI is InChI=1S/C16H28N4O/c1-13(2)15-10-16(19-12-18-15)20-7-4-14(5-8-20)11-17-6-9-21-3/h10,12-14,17H,4-9,11H2,1-3H3. The van der Waals surface area contributed by atoms with Gasteiger partial charge in [-0.05, 0) is 31.2 Å². The highest BCUT2D eigenvalue weighted by atomic mass is 16.5. The summed E-state index contributed by atoms with van der Waals surface area (Å²) in [7, 11) is 1.74. The van der Waals surface area contributed by atoms with Crippen molar-refractivity contribution in [3.63, 3.8) is 0 Å². The van der Waals surface area contributed by atoms with Gasteiger partial charge < -0.3 is 15.0 Å². The fraction of sp³-hybridized carbons (Fsp3) is 0.750. The van der Waals surface area contributed by atoms with Gasteiger partial charge in [0.15, 0.2) is 0 Å². The molecule has 1 aromatic heterocycles. The lowest BCUT2D eigenvalue weighted by molar-refractivity contribution is 0.196. The molecular weight excluding hydrogens is 264 g/mol. The molecule has 2 heterocycles.